The lowest BCUT2D eigenvalue weighted by Crippen LogP contribution is -2.26. The topological polar surface area (TPSA) is 97.1 Å². The maximum Gasteiger partial charge on any atom is 0.250 e. The molecule has 4 N–H and O–H groups in total. The van der Waals surface area contributed by atoms with Crippen LogP contribution in [0.3, 0.4) is 0 Å². The van der Waals surface area contributed by atoms with Gasteiger partial charge < -0.3 is 30.5 Å². The molecule has 0 aliphatic carbocycles. The maximum absolute atomic E-state index is 13.7. The molecule has 1 aliphatic heterocycles. The van der Waals surface area contributed by atoms with Crippen LogP contribution in [0.4, 0.5) is 10.1 Å². The van der Waals surface area contributed by atoms with Gasteiger partial charge in [0.1, 0.15) is 18.9 Å². The molecule has 0 fully saturated rings. The molecule has 1 aliphatic rings. The van der Waals surface area contributed by atoms with Crippen molar-refractivity contribution in [2.75, 3.05) is 50.9 Å². The highest BCUT2D eigenvalue weighted by molar-refractivity contribution is 6.00. The largest absolute Gasteiger partial charge is 0.488 e. The first kappa shape index (κ1) is 25.8. The average Bonchev–Trinajstić information content (AvgIpc) is 3.20. The van der Waals surface area contributed by atoms with Crippen LogP contribution in [0, 0.1) is 0 Å². The smallest absolute Gasteiger partial charge is 0.250 e. The molecular formula is C26H36FN3O4. The van der Waals surface area contributed by atoms with Gasteiger partial charge in [-0.15, -0.1) is 0 Å². The Kier molecular flexibility index (Phi) is 9.12. The van der Waals surface area contributed by atoms with E-state index in [-0.39, 0.29) is 13.2 Å². The molecule has 0 radical (unpaired) electrons. The van der Waals surface area contributed by atoms with Crippen molar-refractivity contribution >= 4 is 11.6 Å². The molecular weight excluding hydrogens is 437 g/mol. The van der Waals surface area contributed by atoms with E-state index in [4.69, 9.17) is 20.3 Å². The Balaban J connectivity index is 1.48. The molecule has 186 valence electrons. The zero-order valence-electron chi connectivity index (χ0n) is 20.1. The molecule has 7 nitrogen and oxygen atoms in total. The fourth-order valence-electron chi connectivity index (χ4n) is 4.04. The number of hydrogen-bond donors (Lipinski definition) is 3. The number of aliphatic hydroxyl groups excluding tert-OH is 1. The van der Waals surface area contributed by atoms with Crippen LogP contribution in [-0.2, 0) is 12.8 Å². The molecule has 0 unspecified atom stereocenters. The second kappa shape index (κ2) is 12.0. The van der Waals surface area contributed by atoms with Gasteiger partial charge in [0.05, 0.1) is 11.3 Å². The number of alkyl halides is 1. The fraction of sp³-hybridized carbons (Fsp3) is 0.500. The van der Waals surface area contributed by atoms with Gasteiger partial charge in [0.25, 0.3) is 5.91 Å². The minimum Gasteiger partial charge on any atom is -0.488 e. The molecule has 0 saturated carbocycles. The minimum atomic E-state index is -1.42. The van der Waals surface area contributed by atoms with Crippen LogP contribution in [0.2, 0.25) is 0 Å². The molecule has 8 heteroatoms. The van der Waals surface area contributed by atoms with Gasteiger partial charge in [0.15, 0.2) is 11.5 Å². The van der Waals surface area contributed by atoms with Crippen molar-refractivity contribution < 1.29 is 23.8 Å². The summed E-state index contributed by atoms with van der Waals surface area (Å²) < 4.78 is 25.1. The van der Waals surface area contributed by atoms with Crippen LogP contribution in [0.25, 0.3) is 0 Å². The van der Waals surface area contributed by atoms with Gasteiger partial charge in [0, 0.05) is 26.2 Å². The number of carbonyl (C=O) groups excluding carboxylic acids is 1. The monoisotopic (exact) mass is 473 g/mol. The molecule has 34 heavy (non-hydrogen) atoms. The lowest BCUT2D eigenvalue weighted by Gasteiger charge is -2.21. The number of amides is 1. The number of nitrogens with two attached hydrogens (primary N) is 1. The molecule has 0 saturated heterocycles. The number of nitrogens with zero attached hydrogens (tertiary/aromatic N) is 1. The first-order valence-electron chi connectivity index (χ1n) is 11.8. The Morgan fingerprint density at radius 1 is 1.21 bits per heavy atom. The molecule has 0 bridgehead atoms. The number of ether oxygens (including phenoxy) is 2. The highest BCUT2D eigenvalue weighted by atomic mass is 19.1. The quantitative estimate of drug-likeness (QED) is 0.365. The van der Waals surface area contributed by atoms with E-state index in [9.17, 15) is 9.18 Å². The van der Waals surface area contributed by atoms with E-state index >= 15 is 0 Å². The van der Waals surface area contributed by atoms with Crippen molar-refractivity contribution in [3.8, 4) is 11.5 Å². The van der Waals surface area contributed by atoms with E-state index in [1.165, 1.54) is 13.8 Å². The van der Waals surface area contributed by atoms with Crippen molar-refractivity contribution in [2.45, 2.75) is 38.8 Å². The summed E-state index contributed by atoms with van der Waals surface area (Å²) in [6.45, 7) is 6.37. The molecule has 2 aromatic carbocycles. The van der Waals surface area contributed by atoms with Crippen molar-refractivity contribution in [1.29, 1.82) is 0 Å². The number of aliphatic hydroxyl groups is 1. The molecule has 1 heterocycles. The third-order valence-corrected chi connectivity index (χ3v) is 5.61. The number of carbonyl (C=O) groups is 1. The van der Waals surface area contributed by atoms with Gasteiger partial charge in [-0.05, 0) is 69.0 Å². The van der Waals surface area contributed by atoms with Crippen LogP contribution in [0.5, 0.6) is 11.5 Å². The molecule has 2 aromatic rings. The molecule has 0 aromatic heterocycles. The highest BCUT2D eigenvalue weighted by Crippen LogP contribution is 2.33. The number of hydrogen-bond acceptors (Lipinski definition) is 6. The Labute approximate surface area is 201 Å². The SMILES string of the molecule is CC(C)(F)COc1ccccc1OCCNCCc1cc2c(c(C(N)=O)c1)N(CCCO)CC2. The van der Waals surface area contributed by atoms with Crippen molar-refractivity contribution in [3.05, 3.63) is 53.1 Å². The predicted molar refractivity (Wildman–Crippen MR) is 132 cm³/mol. The standard InChI is InChI=1S/C26H36FN3O4/c1-26(2,27)18-34-23-7-4-3-6-22(23)33-15-11-29-10-8-19-16-20-9-13-30(12-5-14-31)24(20)21(17-19)25(28)32/h3-4,6-7,16-17,29,31H,5,8-15,18H2,1-2H3,(H2,28,32). The van der Waals surface area contributed by atoms with Crippen molar-refractivity contribution in [3.63, 3.8) is 0 Å². The summed E-state index contributed by atoms with van der Waals surface area (Å²) in [7, 11) is 0. The minimum absolute atomic E-state index is 0.0428. The summed E-state index contributed by atoms with van der Waals surface area (Å²) in [5.74, 6) is 0.690. The van der Waals surface area contributed by atoms with Crippen LogP contribution >= 0.6 is 0 Å². The van der Waals surface area contributed by atoms with Gasteiger partial charge >= 0.3 is 0 Å². The van der Waals surface area contributed by atoms with E-state index in [0.717, 1.165) is 42.7 Å². The summed E-state index contributed by atoms with van der Waals surface area (Å²) in [4.78, 5) is 14.2. The van der Waals surface area contributed by atoms with Crippen LogP contribution < -0.4 is 25.4 Å². The summed E-state index contributed by atoms with van der Waals surface area (Å²) >= 11 is 0. The second-order valence-corrected chi connectivity index (χ2v) is 9.13. The van der Waals surface area contributed by atoms with E-state index < -0.39 is 11.6 Å². The number of primary amides is 1. The van der Waals surface area contributed by atoms with Gasteiger partial charge in [-0.2, -0.15) is 0 Å². The van der Waals surface area contributed by atoms with Crippen LogP contribution in [0.15, 0.2) is 36.4 Å². The Morgan fingerprint density at radius 3 is 2.62 bits per heavy atom. The van der Waals surface area contributed by atoms with E-state index in [0.29, 0.717) is 43.2 Å². The first-order valence-corrected chi connectivity index (χ1v) is 11.8. The predicted octanol–water partition coefficient (Wildman–Crippen LogP) is 2.87. The highest BCUT2D eigenvalue weighted by Gasteiger charge is 2.25. The number of halogens is 1. The number of benzene rings is 2. The van der Waals surface area contributed by atoms with E-state index in [2.05, 4.69) is 16.3 Å². The normalized spacial score (nSPS) is 13.1. The van der Waals surface area contributed by atoms with Crippen LogP contribution in [0.1, 0.15) is 41.8 Å². The third kappa shape index (κ3) is 7.33. The zero-order chi connectivity index (χ0) is 24.6. The van der Waals surface area contributed by atoms with Gasteiger partial charge in [0.2, 0.25) is 0 Å². The lowest BCUT2D eigenvalue weighted by atomic mass is 10.00. The number of nitrogens with one attached hydrogen (secondary N) is 1. The summed E-state index contributed by atoms with van der Waals surface area (Å²) in [5.41, 5.74) is 7.94. The Hall–Kier alpha value is -2.84. The van der Waals surface area contributed by atoms with E-state index in [1.54, 1.807) is 12.1 Å². The maximum atomic E-state index is 13.7. The van der Waals surface area contributed by atoms with Gasteiger partial charge in [-0.25, -0.2) is 4.39 Å². The summed E-state index contributed by atoms with van der Waals surface area (Å²) in [6.07, 6.45) is 2.29. The molecule has 0 atom stereocenters. The fourth-order valence-corrected chi connectivity index (χ4v) is 4.04. The second-order valence-electron chi connectivity index (χ2n) is 9.13. The van der Waals surface area contributed by atoms with Gasteiger partial charge in [-0.3, -0.25) is 4.79 Å². The Morgan fingerprint density at radius 2 is 1.94 bits per heavy atom. The molecule has 3 rings (SSSR count). The van der Waals surface area contributed by atoms with E-state index in [1.807, 2.05) is 18.2 Å². The lowest BCUT2D eigenvalue weighted by molar-refractivity contribution is 0.100. The van der Waals surface area contributed by atoms with Crippen molar-refractivity contribution in [1.82, 2.24) is 5.32 Å². The zero-order valence-corrected chi connectivity index (χ0v) is 20.1. The number of anilines is 1. The average molecular weight is 474 g/mol. The number of para-hydroxylation sites is 2. The third-order valence-electron chi connectivity index (χ3n) is 5.61. The molecule has 1 amide bonds. The Bertz CT molecular complexity index is 962. The van der Waals surface area contributed by atoms with Crippen molar-refractivity contribution in [2.24, 2.45) is 5.73 Å². The first-order chi connectivity index (χ1) is 16.3. The molecule has 0 spiro atoms. The van der Waals surface area contributed by atoms with Gasteiger partial charge in [-0.1, -0.05) is 18.2 Å². The summed E-state index contributed by atoms with van der Waals surface area (Å²) in [6, 6.07) is 11.3. The number of rotatable bonds is 14. The van der Waals surface area contributed by atoms with Crippen LogP contribution in [-0.4, -0.2) is 62.7 Å². The number of fused-ring (bicyclic) bond motifs is 1. The summed E-state index contributed by atoms with van der Waals surface area (Å²) in [5, 5.41) is 12.5.